The molecular formula is C16H25NO2. The van der Waals surface area contributed by atoms with Crippen molar-refractivity contribution in [2.45, 2.75) is 52.5 Å². The van der Waals surface area contributed by atoms with E-state index in [0.29, 0.717) is 6.42 Å². The SMILES string of the molecule is CC[C@@H](C)NC(=O)CCCc1ccc(OC)c(C)c1. The first-order valence-electron chi connectivity index (χ1n) is 6.99. The maximum Gasteiger partial charge on any atom is 0.220 e. The van der Waals surface area contributed by atoms with Crippen LogP contribution in [-0.2, 0) is 11.2 Å². The molecule has 0 spiro atoms. The van der Waals surface area contributed by atoms with Crippen LogP contribution in [0.2, 0.25) is 0 Å². The largest absolute Gasteiger partial charge is 0.496 e. The summed E-state index contributed by atoms with van der Waals surface area (Å²) in [6.45, 7) is 6.15. The minimum Gasteiger partial charge on any atom is -0.496 e. The molecule has 3 heteroatoms. The normalized spacial score (nSPS) is 12.0. The molecule has 1 aromatic rings. The van der Waals surface area contributed by atoms with Crippen molar-refractivity contribution in [3.05, 3.63) is 29.3 Å². The van der Waals surface area contributed by atoms with E-state index in [-0.39, 0.29) is 11.9 Å². The third-order valence-electron chi connectivity index (χ3n) is 3.35. The fourth-order valence-electron chi connectivity index (χ4n) is 2.00. The average Bonchev–Trinajstić information content (AvgIpc) is 2.38. The van der Waals surface area contributed by atoms with Gasteiger partial charge in [-0.15, -0.1) is 0 Å². The Hall–Kier alpha value is -1.51. The second-order valence-electron chi connectivity index (χ2n) is 5.03. The molecule has 0 heterocycles. The highest BCUT2D eigenvalue weighted by atomic mass is 16.5. The predicted octanol–water partition coefficient (Wildman–Crippen LogP) is 3.24. The molecule has 0 aliphatic heterocycles. The van der Waals surface area contributed by atoms with Gasteiger partial charge in [0.2, 0.25) is 5.91 Å². The monoisotopic (exact) mass is 263 g/mol. The standard InChI is InChI=1S/C16H25NO2/c1-5-13(3)17-16(18)8-6-7-14-9-10-15(19-4)12(2)11-14/h9-11,13H,5-8H2,1-4H3,(H,17,18)/t13-/m1/s1. The lowest BCUT2D eigenvalue weighted by Gasteiger charge is -2.11. The Morgan fingerprint density at radius 3 is 2.74 bits per heavy atom. The van der Waals surface area contributed by atoms with Gasteiger partial charge in [-0.2, -0.15) is 0 Å². The van der Waals surface area contributed by atoms with Crippen LogP contribution < -0.4 is 10.1 Å². The number of benzene rings is 1. The van der Waals surface area contributed by atoms with Gasteiger partial charge in [0.15, 0.2) is 0 Å². The highest BCUT2D eigenvalue weighted by Gasteiger charge is 2.06. The van der Waals surface area contributed by atoms with Crippen LogP contribution in [0.5, 0.6) is 5.75 Å². The maximum atomic E-state index is 11.6. The van der Waals surface area contributed by atoms with Gasteiger partial charge in [-0.05, 0) is 50.3 Å². The number of rotatable bonds is 7. The van der Waals surface area contributed by atoms with Crippen LogP contribution in [0.1, 0.15) is 44.2 Å². The molecule has 3 nitrogen and oxygen atoms in total. The fraction of sp³-hybridized carbons (Fsp3) is 0.562. The molecule has 1 amide bonds. The number of aryl methyl sites for hydroxylation is 2. The number of carbonyl (C=O) groups excluding carboxylic acids is 1. The Bertz CT molecular complexity index is 415. The number of nitrogens with one attached hydrogen (secondary N) is 1. The van der Waals surface area contributed by atoms with E-state index in [9.17, 15) is 4.79 Å². The first-order valence-corrected chi connectivity index (χ1v) is 6.99. The molecule has 1 rings (SSSR count). The highest BCUT2D eigenvalue weighted by molar-refractivity contribution is 5.76. The molecule has 1 aromatic carbocycles. The number of methoxy groups -OCH3 is 1. The number of hydrogen-bond acceptors (Lipinski definition) is 2. The van der Waals surface area contributed by atoms with Crippen molar-refractivity contribution in [3.63, 3.8) is 0 Å². The summed E-state index contributed by atoms with van der Waals surface area (Å²) in [4.78, 5) is 11.6. The van der Waals surface area contributed by atoms with Crippen molar-refractivity contribution >= 4 is 5.91 Å². The molecule has 106 valence electrons. The molecule has 0 saturated carbocycles. The van der Waals surface area contributed by atoms with E-state index < -0.39 is 0 Å². The third kappa shape index (κ3) is 5.33. The van der Waals surface area contributed by atoms with E-state index >= 15 is 0 Å². The molecule has 0 aliphatic carbocycles. The molecule has 0 aromatic heterocycles. The van der Waals surface area contributed by atoms with Crippen LogP contribution >= 0.6 is 0 Å². The van der Waals surface area contributed by atoms with Gasteiger partial charge in [-0.1, -0.05) is 19.1 Å². The molecule has 0 fully saturated rings. The zero-order valence-corrected chi connectivity index (χ0v) is 12.5. The van der Waals surface area contributed by atoms with Crippen LogP contribution in [0.3, 0.4) is 0 Å². The highest BCUT2D eigenvalue weighted by Crippen LogP contribution is 2.19. The molecular weight excluding hydrogens is 238 g/mol. The minimum atomic E-state index is 0.152. The summed E-state index contributed by atoms with van der Waals surface area (Å²) in [5, 5.41) is 2.99. The number of hydrogen-bond donors (Lipinski definition) is 1. The predicted molar refractivity (Wildman–Crippen MR) is 78.6 cm³/mol. The fourth-order valence-corrected chi connectivity index (χ4v) is 2.00. The van der Waals surface area contributed by atoms with Gasteiger partial charge in [0.1, 0.15) is 5.75 Å². The summed E-state index contributed by atoms with van der Waals surface area (Å²) in [5.74, 6) is 1.07. The maximum absolute atomic E-state index is 11.6. The molecule has 1 N–H and O–H groups in total. The van der Waals surface area contributed by atoms with Crippen LogP contribution in [0.25, 0.3) is 0 Å². The molecule has 0 saturated heterocycles. The lowest BCUT2D eigenvalue weighted by atomic mass is 10.0. The van der Waals surface area contributed by atoms with Gasteiger partial charge >= 0.3 is 0 Å². The van der Waals surface area contributed by atoms with Crippen LogP contribution in [0.4, 0.5) is 0 Å². The van der Waals surface area contributed by atoms with Crippen LogP contribution in [0.15, 0.2) is 18.2 Å². The van der Waals surface area contributed by atoms with Gasteiger partial charge in [-0.3, -0.25) is 4.79 Å². The summed E-state index contributed by atoms with van der Waals surface area (Å²) in [6.07, 6.45) is 3.38. The first kappa shape index (κ1) is 15.5. The van der Waals surface area contributed by atoms with Crippen LogP contribution in [-0.4, -0.2) is 19.1 Å². The molecule has 0 unspecified atom stereocenters. The Balaban J connectivity index is 2.37. The number of carbonyl (C=O) groups is 1. The zero-order chi connectivity index (χ0) is 14.3. The summed E-state index contributed by atoms with van der Waals surface area (Å²) in [5.41, 5.74) is 2.40. The quantitative estimate of drug-likeness (QED) is 0.820. The number of amides is 1. The lowest BCUT2D eigenvalue weighted by molar-refractivity contribution is -0.121. The van der Waals surface area contributed by atoms with Gasteiger partial charge in [0, 0.05) is 12.5 Å². The van der Waals surface area contributed by atoms with Crippen LogP contribution in [0, 0.1) is 6.92 Å². The topological polar surface area (TPSA) is 38.3 Å². The van der Waals surface area contributed by atoms with Crippen molar-refractivity contribution in [2.24, 2.45) is 0 Å². The summed E-state index contributed by atoms with van der Waals surface area (Å²) < 4.78 is 5.23. The Morgan fingerprint density at radius 1 is 1.42 bits per heavy atom. The zero-order valence-electron chi connectivity index (χ0n) is 12.5. The van der Waals surface area contributed by atoms with E-state index in [1.165, 1.54) is 5.56 Å². The van der Waals surface area contributed by atoms with Gasteiger partial charge in [0.05, 0.1) is 7.11 Å². The van der Waals surface area contributed by atoms with E-state index in [4.69, 9.17) is 4.74 Å². The van der Waals surface area contributed by atoms with E-state index in [1.807, 2.05) is 19.9 Å². The summed E-state index contributed by atoms with van der Waals surface area (Å²) >= 11 is 0. The third-order valence-corrected chi connectivity index (χ3v) is 3.35. The van der Waals surface area contributed by atoms with Crippen molar-refractivity contribution in [2.75, 3.05) is 7.11 Å². The molecule has 1 atom stereocenters. The number of ether oxygens (including phenoxy) is 1. The average molecular weight is 263 g/mol. The summed E-state index contributed by atoms with van der Waals surface area (Å²) in [7, 11) is 1.68. The lowest BCUT2D eigenvalue weighted by Crippen LogP contribution is -2.31. The summed E-state index contributed by atoms with van der Waals surface area (Å²) in [6, 6.07) is 6.46. The smallest absolute Gasteiger partial charge is 0.220 e. The second kappa shape index (κ2) is 7.82. The Labute approximate surface area is 116 Å². The Kier molecular flexibility index (Phi) is 6.40. The minimum absolute atomic E-state index is 0.152. The molecule has 0 aliphatic rings. The van der Waals surface area contributed by atoms with Gasteiger partial charge in [-0.25, -0.2) is 0 Å². The van der Waals surface area contributed by atoms with Crippen molar-refractivity contribution in [1.29, 1.82) is 0 Å². The Morgan fingerprint density at radius 2 is 2.16 bits per heavy atom. The second-order valence-corrected chi connectivity index (χ2v) is 5.03. The first-order chi connectivity index (χ1) is 9.06. The molecule has 19 heavy (non-hydrogen) atoms. The van der Waals surface area contributed by atoms with E-state index in [1.54, 1.807) is 7.11 Å². The van der Waals surface area contributed by atoms with E-state index in [0.717, 1.165) is 30.6 Å². The molecule has 0 radical (unpaired) electrons. The van der Waals surface area contributed by atoms with Gasteiger partial charge < -0.3 is 10.1 Å². The molecule has 0 bridgehead atoms. The van der Waals surface area contributed by atoms with E-state index in [2.05, 4.69) is 24.4 Å². The van der Waals surface area contributed by atoms with Gasteiger partial charge in [0.25, 0.3) is 0 Å². The van der Waals surface area contributed by atoms with Crippen molar-refractivity contribution < 1.29 is 9.53 Å². The van der Waals surface area contributed by atoms with Crippen molar-refractivity contribution in [3.8, 4) is 5.75 Å². The van der Waals surface area contributed by atoms with Crippen molar-refractivity contribution in [1.82, 2.24) is 5.32 Å².